The van der Waals surface area contributed by atoms with E-state index in [1.807, 2.05) is 54.6 Å². The van der Waals surface area contributed by atoms with Crippen LogP contribution in [0.2, 0.25) is 0 Å². The van der Waals surface area contributed by atoms with Crippen LogP contribution in [0.4, 0.5) is 5.69 Å². The van der Waals surface area contributed by atoms with Gasteiger partial charge in [0.1, 0.15) is 0 Å². The summed E-state index contributed by atoms with van der Waals surface area (Å²) in [7, 11) is 0. The van der Waals surface area contributed by atoms with Crippen LogP contribution in [0.15, 0.2) is 54.6 Å². The van der Waals surface area contributed by atoms with Crippen LogP contribution in [0.5, 0.6) is 0 Å². The zero-order valence-electron chi connectivity index (χ0n) is 18.2. The second-order valence-corrected chi connectivity index (χ2v) is 8.86. The number of anilines is 1. The standard InChI is InChI=1S/C26H29N3O3/c30-20-12-16-28(17-13-20)19-10-14-29(15-11-19)25-23(26(31)32)21-8-4-5-9-22(21)27-24(25)18-6-2-1-3-7-18/h1-9,19-20,30H,10-17H2,(H,31,32). The molecular formula is C26H29N3O3. The van der Waals surface area contributed by atoms with E-state index in [1.165, 1.54) is 0 Å². The normalized spacial score (nSPS) is 18.8. The summed E-state index contributed by atoms with van der Waals surface area (Å²) in [5, 5.41) is 20.8. The lowest BCUT2D eigenvalue weighted by Crippen LogP contribution is -2.48. The number of nitrogens with zero attached hydrogens (tertiary/aromatic N) is 3. The maximum atomic E-state index is 12.5. The van der Waals surface area contributed by atoms with Crippen LogP contribution in [-0.4, -0.2) is 64.4 Å². The number of aliphatic hydroxyl groups is 1. The molecule has 0 spiro atoms. The van der Waals surface area contributed by atoms with Gasteiger partial charge in [-0.15, -0.1) is 0 Å². The number of benzene rings is 2. The molecule has 0 saturated carbocycles. The van der Waals surface area contributed by atoms with E-state index in [1.54, 1.807) is 0 Å². The van der Waals surface area contributed by atoms with Crippen molar-refractivity contribution in [1.29, 1.82) is 0 Å². The van der Waals surface area contributed by atoms with Crippen LogP contribution in [0.3, 0.4) is 0 Å². The topological polar surface area (TPSA) is 76.9 Å². The number of aromatic carboxylic acids is 1. The fourth-order valence-corrected chi connectivity index (χ4v) is 5.23. The highest BCUT2D eigenvalue weighted by molar-refractivity contribution is 6.10. The minimum atomic E-state index is -0.914. The summed E-state index contributed by atoms with van der Waals surface area (Å²) in [5.74, 6) is -0.914. The van der Waals surface area contributed by atoms with E-state index < -0.39 is 5.97 Å². The molecule has 6 heteroatoms. The lowest BCUT2D eigenvalue weighted by molar-refractivity contribution is 0.0542. The van der Waals surface area contributed by atoms with Crippen LogP contribution in [0.1, 0.15) is 36.0 Å². The molecular weight excluding hydrogens is 402 g/mol. The highest BCUT2D eigenvalue weighted by atomic mass is 16.4. The number of carboxylic acids is 1. The second-order valence-electron chi connectivity index (χ2n) is 8.86. The average Bonchev–Trinajstić information content (AvgIpc) is 2.84. The van der Waals surface area contributed by atoms with Gasteiger partial charge in [-0.2, -0.15) is 0 Å². The predicted octanol–water partition coefficient (Wildman–Crippen LogP) is 4.03. The molecule has 0 atom stereocenters. The summed E-state index contributed by atoms with van der Waals surface area (Å²) >= 11 is 0. The molecule has 2 fully saturated rings. The lowest BCUT2D eigenvalue weighted by atomic mass is 9.95. The van der Waals surface area contributed by atoms with Gasteiger partial charge in [0, 0.05) is 43.2 Å². The number of hydrogen-bond donors (Lipinski definition) is 2. The summed E-state index contributed by atoms with van der Waals surface area (Å²) in [5.41, 5.74) is 3.45. The lowest BCUT2D eigenvalue weighted by Gasteiger charge is -2.42. The molecule has 2 N–H and O–H groups in total. The van der Waals surface area contributed by atoms with E-state index >= 15 is 0 Å². The SMILES string of the molecule is O=C(O)c1c(N2CCC(N3CCC(O)CC3)CC2)c(-c2ccccc2)nc2ccccc12. The number of pyridine rings is 1. The zero-order valence-corrected chi connectivity index (χ0v) is 18.2. The van der Waals surface area contributed by atoms with Crippen LogP contribution in [0.25, 0.3) is 22.2 Å². The number of aromatic nitrogens is 1. The fourth-order valence-electron chi connectivity index (χ4n) is 5.23. The number of likely N-dealkylation sites (tertiary alicyclic amines) is 1. The Balaban J connectivity index is 1.53. The maximum absolute atomic E-state index is 12.5. The molecule has 3 aromatic rings. The molecule has 0 amide bonds. The summed E-state index contributed by atoms with van der Waals surface area (Å²) in [6, 6.07) is 17.9. The number of piperidine rings is 2. The van der Waals surface area contributed by atoms with Gasteiger partial charge in [-0.3, -0.25) is 0 Å². The molecule has 2 aliphatic heterocycles. The first-order chi connectivity index (χ1) is 15.6. The summed E-state index contributed by atoms with van der Waals surface area (Å²) in [6.07, 6.45) is 3.49. The van der Waals surface area contributed by atoms with Crippen molar-refractivity contribution in [1.82, 2.24) is 9.88 Å². The Morgan fingerprint density at radius 3 is 2.22 bits per heavy atom. The van der Waals surface area contributed by atoms with Gasteiger partial charge in [-0.1, -0.05) is 48.5 Å². The Kier molecular flexibility index (Phi) is 5.81. The molecule has 3 heterocycles. The number of carboxylic acid groups (broad SMARTS) is 1. The van der Waals surface area contributed by atoms with E-state index in [0.717, 1.165) is 68.8 Å². The van der Waals surface area contributed by atoms with Crippen molar-refractivity contribution >= 4 is 22.6 Å². The Morgan fingerprint density at radius 1 is 0.875 bits per heavy atom. The molecule has 32 heavy (non-hydrogen) atoms. The number of carbonyl (C=O) groups is 1. The van der Waals surface area contributed by atoms with Gasteiger partial charge < -0.3 is 20.0 Å². The third-order valence-electron chi connectivity index (χ3n) is 6.92. The number of para-hydroxylation sites is 1. The van der Waals surface area contributed by atoms with Gasteiger partial charge in [0.05, 0.1) is 28.6 Å². The third-order valence-corrected chi connectivity index (χ3v) is 6.92. The van der Waals surface area contributed by atoms with Gasteiger partial charge in [-0.25, -0.2) is 9.78 Å². The first kappa shape index (κ1) is 20.9. The number of hydrogen-bond acceptors (Lipinski definition) is 5. The van der Waals surface area contributed by atoms with Crippen molar-refractivity contribution in [3.63, 3.8) is 0 Å². The van der Waals surface area contributed by atoms with E-state index in [9.17, 15) is 15.0 Å². The van der Waals surface area contributed by atoms with Gasteiger partial charge in [0.2, 0.25) is 0 Å². The first-order valence-electron chi connectivity index (χ1n) is 11.5. The molecule has 6 nitrogen and oxygen atoms in total. The van der Waals surface area contributed by atoms with Gasteiger partial charge in [-0.05, 0) is 31.7 Å². The second kappa shape index (κ2) is 8.88. The van der Waals surface area contributed by atoms with Crippen molar-refractivity contribution in [2.75, 3.05) is 31.1 Å². The molecule has 1 aromatic heterocycles. The van der Waals surface area contributed by atoms with Crippen molar-refractivity contribution < 1.29 is 15.0 Å². The summed E-state index contributed by atoms with van der Waals surface area (Å²) in [4.78, 5) is 22.2. The minimum absolute atomic E-state index is 0.165. The Bertz CT molecular complexity index is 1100. The highest BCUT2D eigenvalue weighted by Gasteiger charge is 2.31. The number of fused-ring (bicyclic) bond motifs is 1. The van der Waals surface area contributed by atoms with E-state index in [4.69, 9.17) is 4.98 Å². The molecule has 166 valence electrons. The van der Waals surface area contributed by atoms with Crippen molar-refractivity contribution in [3.05, 3.63) is 60.2 Å². The number of rotatable bonds is 4. The van der Waals surface area contributed by atoms with Crippen molar-refractivity contribution in [3.8, 4) is 11.3 Å². The van der Waals surface area contributed by atoms with Crippen LogP contribution < -0.4 is 4.90 Å². The largest absolute Gasteiger partial charge is 0.478 e. The Hall–Kier alpha value is -2.96. The van der Waals surface area contributed by atoms with E-state index in [2.05, 4.69) is 9.80 Å². The molecule has 2 aliphatic rings. The smallest absolute Gasteiger partial charge is 0.338 e. The van der Waals surface area contributed by atoms with Crippen molar-refractivity contribution in [2.45, 2.75) is 37.8 Å². The third kappa shape index (κ3) is 3.96. The zero-order chi connectivity index (χ0) is 22.1. The molecule has 0 radical (unpaired) electrons. The molecule has 5 rings (SSSR count). The van der Waals surface area contributed by atoms with Gasteiger partial charge >= 0.3 is 5.97 Å². The van der Waals surface area contributed by atoms with E-state index in [0.29, 0.717) is 22.5 Å². The quantitative estimate of drug-likeness (QED) is 0.650. The monoisotopic (exact) mass is 431 g/mol. The summed E-state index contributed by atoms with van der Waals surface area (Å²) in [6.45, 7) is 3.48. The molecule has 0 bridgehead atoms. The Labute approximate surface area is 188 Å². The highest BCUT2D eigenvalue weighted by Crippen LogP contribution is 2.38. The number of aliphatic hydroxyl groups excluding tert-OH is 1. The maximum Gasteiger partial charge on any atom is 0.338 e. The first-order valence-corrected chi connectivity index (χ1v) is 11.5. The van der Waals surface area contributed by atoms with Crippen LogP contribution in [-0.2, 0) is 0 Å². The van der Waals surface area contributed by atoms with Crippen molar-refractivity contribution in [2.24, 2.45) is 0 Å². The fraction of sp³-hybridized carbons (Fsp3) is 0.385. The Morgan fingerprint density at radius 2 is 1.53 bits per heavy atom. The van der Waals surface area contributed by atoms with E-state index in [-0.39, 0.29) is 6.10 Å². The minimum Gasteiger partial charge on any atom is -0.478 e. The van der Waals surface area contributed by atoms with Crippen LogP contribution >= 0.6 is 0 Å². The predicted molar refractivity (Wildman–Crippen MR) is 126 cm³/mol. The molecule has 2 aromatic carbocycles. The van der Waals surface area contributed by atoms with Gasteiger partial charge in [0.15, 0.2) is 0 Å². The summed E-state index contributed by atoms with van der Waals surface area (Å²) < 4.78 is 0. The van der Waals surface area contributed by atoms with Crippen LogP contribution in [0, 0.1) is 0 Å². The molecule has 0 unspecified atom stereocenters. The average molecular weight is 432 g/mol. The van der Waals surface area contributed by atoms with Gasteiger partial charge in [0.25, 0.3) is 0 Å². The molecule has 0 aliphatic carbocycles. The molecule has 2 saturated heterocycles.